The van der Waals surface area contributed by atoms with E-state index in [-0.39, 0.29) is 12.2 Å². The molecule has 4 N–H and O–H groups in total. The molecule has 1 atom stereocenters. The number of rotatable bonds is 5. The molecule has 0 aliphatic rings. The number of nitrogens with one attached hydrogen (secondary N) is 2. The summed E-state index contributed by atoms with van der Waals surface area (Å²) in [5, 5.41) is 2.56. The average Bonchev–Trinajstić information content (AvgIpc) is 2.74. The number of H-pyrrole nitrogens is 1. The minimum atomic E-state index is -3.16. The summed E-state index contributed by atoms with van der Waals surface area (Å²) in [7, 11) is -3.16. The topological polar surface area (TPSA) is 135 Å². The molecular weight excluding hydrogens is 298 g/mol. The Morgan fingerprint density at radius 1 is 1.48 bits per heavy atom. The molecule has 21 heavy (non-hydrogen) atoms. The van der Waals surface area contributed by atoms with E-state index in [1.54, 1.807) is 6.07 Å². The maximum Gasteiger partial charge on any atom is 0.417 e. The lowest BCUT2D eigenvalue weighted by Gasteiger charge is -2.11. The molecular formula is C12H15N3O5S. The minimum Gasteiger partial charge on any atom is -0.408 e. The predicted molar refractivity (Wildman–Crippen MR) is 77.8 cm³/mol. The Hall–Kier alpha value is -2.13. The van der Waals surface area contributed by atoms with E-state index in [1.165, 1.54) is 12.1 Å². The summed E-state index contributed by atoms with van der Waals surface area (Å²) in [5.74, 6) is -1.24. The maximum atomic E-state index is 11.8. The van der Waals surface area contributed by atoms with E-state index in [4.69, 9.17) is 10.2 Å². The highest BCUT2D eigenvalue weighted by atomic mass is 32.2. The second-order valence-electron chi connectivity index (χ2n) is 4.74. The molecule has 0 fully saturated rings. The highest BCUT2D eigenvalue weighted by Gasteiger charge is 2.16. The summed E-state index contributed by atoms with van der Waals surface area (Å²) in [6, 6.07) is 3.69. The molecule has 0 aliphatic heterocycles. The number of oxazole rings is 1. The Kier molecular flexibility index (Phi) is 4.14. The lowest BCUT2D eigenvalue weighted by atomic mass is 10.2. The predicted octanol–water partition coefficient (Wildman–Crippen LogP) is -0.178. The van der Waals surface area contributed by atoms with Crippen LogP contribution in [0.25, 0.3) is 11.1 Å². The van der Waals surface area contributed by atoms with Gasteiger partial charge in [0.2, 0.25) is 5.91 Å². The molecule has 1 aromatic heterocycles. The van der Waals surface area contributed by atoms with E-state index in [0.29, 0.717) is 16.8 Å². The number of hydrogen-bond acceptors (Lipinski definition) is 6. The van der Waals surface area contributed by atoms with E-state index in [9.17, 15) is 18.0 Å². The Bertz CT molecular complexity index is 821. The van der Waals surface area contributed by atoms with Gasteiger partial charge in [0.05, 0.1) is 17.3 Å². The minimum absolute atomic E-state index is 0.0372. The fraction of sp³-hybridized carbons (Fsp3) is 0.333. The van der Waals surface area contributed by atoms with E-state index in [1.807, 2.05) is 0 Å². The smallest absolute Gasteiger partial charge is 0.408 e. The molecule has 2 aromatic rings. The van der Waals surface area contributed by atoms with Crippen LogP contribution in [0.5, 0.6) is 0 Å². The summed E-state index contributed by atoms with van der Waals surface area (Å²) in [6.45, 7) is 0. The number of aromatic nitrogens is 1. The third-order valence-corrected chi connectivity index (χ3v) is 3.80. The van der Waals surface area contributed by atoms with Gasteiger partial charge in [0.1, 0.15) is 9.84 Å². The van der Waals surface area contributed by atoms with Crippen LogP contribution in [-0.4, -0.2) is 37.4 Å². The van der Waals surface area contributed by atoms with Crippen LogP contribution >= 0.6 is 0 Å². The molecule has 0 radical (unpaired) electrons. The first-order valence-electron chi connectivity index (χ1n) is 6.12. The molecule has 1 amide bonds. The number of aromatic amines is 1. The number of carbonyl (C=O) groups is 1. The third kappa shape index (κ3) is 4.17. The number of hydrogen-bond donors (Lipinski definition) is 3. The largest absolute Gasteiger partial charge is 0.417 e. The van der Waals surface area contributed by atoms with Crippen molar-refractivity contribution in [3.05, 3.63) is 28.7 Å². The Morgan fingerprint density at radius 2 is 2.19 bits per heavy atom. The van der Waals surface area contributed by atoms with Gasteiger partial charge in [-0.1, -0.05) is 0 Å². The summed E-state index contributed by atoms with van der Waals surface area (Å²) in [5.41, 5.74) is 6.89. The molecule has 2 rings (SSSR count). The normalized spacial score (nSPS) is 13.2. The Labute approximate surface area is 120 Å². The molecule has 0 aliphatic carbocycles. The summed E-state index contributed by atoms with van der Waals surface area (Å²) in [6.07, 6.45) is 1.12. The molecule has 9 heteroatoms. The Balaban J connectivity index is 2.05. The lowest BCUT2D eigenvalue weighted by Crippen LogP contribution is -2.37. The van der Waals surface area contributed by atoms with Crippen LogP contribution < -0.4 is 16.8 Å². The van der Waals surface area contributed by atoms with Crippen LogP contribution in [0.15, 0.2) is 27.4 Å². The highest BCUT2D eigenvalue weighted by molar-refractivity contribution is 7.90. The van der Waals surface area contributed by atoms with Gasteiger partial charge in [0.15, 0.2) is 5.58 Å². The summed E-state index contributed by atoms with van der Waals surface area (Å²) in [4.78, 5) is 25.3. The molecule has 0 bridgehead atoms. The number of carbonyl (C=O) groups excluding carboxylic acids is 1. The number of benzene rings is 1. The van der Waals surface area contributed by atoms with Crippen LogP contribution in [0.4, 0.5) is 5.69 Å². The molecule has 8 nitrogen and oxygen atoms in total. The average molecular weight is 313 g/mol. The van der Waals surface area contributed by atoms with Crippen LogP contribution in [-0.2, 0) is 14.6 Å². The van der Waals surface area contributed by atoms with Crippen molar-refractivity contribution >= 4 is 32.5 Å². The van der Waals surface area contributed by atoms with Gasteiger partial charge in [-0.05, 0) is 24.6 Å². The standard InChI is InChI=1S/C12H15N3O5S/c1-21(18,19)5-4-8(13)11(16)14-7-2-3-10-9(6-7)15-12(17)20-10/h2-3,6,8H,4-5,13H2,1H3,(H,14,16)(H,15,17)/t8-/m0/s1. The number of amides is 1. The molecule has 0 saturated heterocycles. The molecule has 0 unspecified atom stereocenters. The zero-order valence-electron chi connectivity index (χ0n) is 11.3. The van der Waals surface area contributed by atoms with Gasteiger partial charge in [-0.3, -0.25) is 9.78 Å². The van der Waals surface area contributed by atoms with Crippen molar-refractivity contribution in [3.8, 4) is 0 Å². The van der Waals surface area contributed by atoms with Gasteiger partial charge < -0.3 is 15.5 Å². The van der Waals surface area contributed by atoms with Gasteiger partial charge >= 0.3 is 5.76 Å². The molecule has 0 spiro atoms. The van der Waals surface area contributed by atoms with Crippen molar-refractivity contribution in [1.29, 1.82) is 0 Å². The van der Waals surface area contributed by atoms with Gasteiger partial charge in [0.25, 0.3) is 0 Å². The van der Waals surface area contributed by atoms with Crippen molar-refractivity contribution in [2.24, 2.45) is 5.73 Å². The van der Waals surface area contributed by atoms with Crippen molar-refractivity contribution in [3.63, 3.8) is 0 Å². The monoisotopic (exact) mass is 313 g/mol. The van der Waals surface area contributed by atoms with Crippen molar-refractivity contribution in [2.75, 3.05) is 17.3 Å². The molecule has 114 valence electrons. The van der Waals surface area contributed by atoms with Crippen LogP contribution in [0, 0.1) is 0 Å². The quantitative estimate of drug-likeness (QED) is 0.700. The number of nitrogens with two attached hydrogens (primary N) is 1. The first kappa shape index (κ1) is 15.3. The zero-order valence-corrected chi connectivity index (χ0v) is 12.1. The van der Waals surface area contributed by atoms with E-state index >= 15 is 0 Å². The first-order valence-corrected chi connectivity index (χ1v) is 8.18. The maximum absolute atomic E-state index is 11.8. The molecule has 1 aromatic carbocycles. The fourth-order valence-electron chi connectivity index (χ4n) is 1.74. The second-order valence-corrected chi connectivity index (χ2v) is 7.00. The number of sulfone groups is 1. The van der Waals surface area contributed by atoms with Crippen LogP contribution in [0.2, 0.25) is 0 Å². The zero-order chi connectivity index (χ0) is 15.6. The van der Waals surface area contributed by atoms with Crippen molar-refractivity contribution < 1.29 is 17.6 Å². The van der Waals surface area contributed by atoms with E-state index in [0.717, 1.165) is 6.26 Å². The molecule has 0 saturated carbocycles. The number of anilines is 1. The van der Waals surface area contributed by atoms with Gasteiger partial charge in [-0.25, -0.2) is 13.2 Å². The second kappa shape index (κ2) is 5.70. The lowest BCUT2D eigenvalue weighted by molar-refractivity contribution is -0.117. The fourth-order valence-corrected chi connectivity index (χ4v) is 2.42. The van der Waals surface area contributed by atoms with Gasteiger partial charge in [0, 0.05) is 11.9 Å². The van der Waals surface area contributed by atoms with Crippen LogP contribution in [0.1, 0.15) is 6.42 Å². The third-order valence-electron chi connectivity index (χ3n) is 2.82. The first-order chi connectivity index (χ1) is 9.74. The van der Waals surface area contributed by atoms with Gasteiger partial charge in [-0.2, -0.15) is 0 Å². The van der Waals surface area contributed by atoms with Crippen molar-refractivity contribution in [2.45, 2.75) is 12.5 Å². The summed E-state index contributed by atoms with van der Waals surface area (Å²) >= 11 is 0. The van der Waals surface area contributed by atoms with E-state index < -0.39 is 27.5 Å². The van der Waals surface area contributed by atoms with Gasteiger partial charge in [-0.15, -0.1) is 0 Å². The van der Waals surface area contributed by atoms with E-state index in [2.05, 4.69) is 10.3 Å². The highest BCUT2D eigenvalue weighted by Crippen LogP contribution is 2.16. The summed E-state index contributed by atoms with van der Waals surface area (Å²) < 4.78 is 26.9. The SMILES string of the molecule is CS(=O)(=O)CC[C@H](N)C(=O)Nc1ccc2oc(=O)[nH]c2c1. The van der Waals surface area contributed by atoms with Crippen LogP contribution in [0.3, 0.4) is 0 Å². The number of fused-ring (bicyclic) bond motifs is 1. The Morgan fingerprint density at radius 3 is 2.86 bits per heavy atom. The van der Waals surface area contributed by atoms with Crippen molar-refractivity contribution in [1.82, 2.24) is 4.98 Å². The molecule has 1 heterocycles.